The molecule has 0 saturated carbocycles. The molecule has 100 valence electrons. The summed E-state index contributed by atoms with van der Waals surface area (Å²) in [6.07, 6.45) is 0. The van der Waals surface area contributed by atoms with Crippen LogP contribution in [0.5, 0.6) is 0 Å². The van der Waals surface area contributed by atoms with Crippen molar-refractivity contribution in [3.63, 3.8) is 0 Å². The maximum Gasteiger partial charge on any atom is 0.160 e. The summed E-state index contributed by atoms with van der Waals surface area (Å²) < 4.78 is 0. The largest absolute Gasteiger partial charge is 0.358 e. The molecule has 4 nitrogen and oxygen atoms in total. The first-order valence-corrected chi connectivity index (χ1v) is 8.20. The molecule has 0 aliphatic carbocycles. The molecule has 0 aromatic carbocycles. The van der Waals surface area contributed by atoms with Crippen molar-refractivity contribution in [3.05, 3.63) is 0 Å². The average molecular weight is 284 g/mol. The monoisotopic (exact) mass is 284 g/mol. The van der Waals surface area contributed by atoms with Gasteiger partial charge in [0.05, 0.1) is 23.0 Å². The molecular weight excluding hydrogens is 264 g/mol. The second-order valence-electron chi connectivity index (χ2n) is 6.35. The number of rotatable bonds is 1. The van der Waals surface area contributed by atoms with Gasteiger partial charge in [-0.1, -0.05) is 23.5 Å². The first-order chi connectivity index (χ1) is 8.35. The maximum absolute atomic E-state index is 4.77. The fourth-order valence-corrected chi connectivity index (χ4v) is 5.07. The molecule has 0 aromatic rings. The van der Waals surface area contributed by atoms with E-state index in [9.17, 15) is 0 Å². The highest BCUT2D eigenvalue weighted by molar-refractivity contribution is 8.18. The number of nitrogens with zero attached hydrogens (tertiary/aromatic N) is 3. The lowest BCUT2D eigenvalue weighted by molar-refractivity contribution is 0.381. The minimum absolute atomic E-state index is 0.0751. The quantitative estimate of drug-likeness (QED) is 0.799. The number of hydrogen-bond donors (Lipinski definition) is 1. The molecule has 0 aromatic heterocycles. The molecule has 1 N–H and O–H groups in total. The van der Waals surface area contributed by atoms with Gasteiger partial charge < -0.3 is 10.2 Å². The van der Waals surface area contributed by atoms with Crippen LogP contribution < -0.4 is 5.32 Å². The number of amidine groups is 2. The fourth-order valence-electron chi connectivity index (χ4n) is 2.35. The van der Waals surface area contributed by atoms with Crippen LogP contribution in [-0.2, 0) is 0 Å². The Bertz CT molecular complexity index is 428. The van der Waals surface area contributed by atoms with Crippen molar-refractivity contribution in [2.75, 3.05) is 18.8 Å². The van der Waals surface area contributed by atoms with E-state index >= 15 is 0 Å². The normalized spacial score (nSPS) is 32.0. The molecule has 3 heterocycles. The van der Waals surface area contributed by atoms with Crippen molar-refractivity contribution in [1.82, 2.24) is 10.2 Å². The van der Waals surface area contributed by atoms with Gasteiger partial charge in [-0.15, -0.1) is 0 Å². The van der Waals surface area contributed by atoms with Gasteiger partial charge in [-0.2, -0.15) is 0 Å². The van der Waals surface area contributed by atoms with Gasteiger partial charge in [0.25, 0.3) is 0 Å². The third-order valence-corrected chi connectivity index (χ3v) is 5.64. The second kappa shape index (κ2) is 4.07. The van der Waals surface area contributed by atoms with Gasteiger partial charge in [-0.05, 0) is 27.7 Å². The van der Waals surface area contributed by atoms with Crippen LogP contribution in [0.25, 0.3) is 0 Å². The van der Waals surface area contributed by atoms with Gasteiger partial charge in [0.2, 0.25) is 0 Å². The Labute approximate surface area is 117 Å². The molecule has 1 atom stereocenters. The van der Waals surface area contributed by atoms with Gasteiger partial charge in [0.15, 0.2) is 10.3 Å². The summed E-state index contributed by atoms with van der Waals surface area (Å²) in [6, 6.07) is 0. The highest BCUT2D eigenvalue weighted by Crippen LogP contribution is 2.38. The lowest BCUT2D eigenvalue weighted by Gasteiger charge is -2.25. The van der Waals surface area contributed by atoms with E-state index in [1.807, 2.05) is 23.5 Å². The van der Waals surface area contributed by atoms with Crippen LogP contribution in [0.4, 0.5) is 0 Å². The van der Waals surface area contributed by atoms with Crippen LogP contribution in [0.15, 0.2) is 9.98 Å². The highest BCUT2D eigenvalue weighted by atomic mass is 32.2. The number of aliphatic imine (C=N–C) groups is 2. The Morgan fingerprint density at radius 1 is 1.39 bits per heavy atom. The summed E-state index contributed by atoms with van der Waals surface area (Å²) in [4.78, 5) is 11.8. The second-order valence-corrected chi connectivity index (χ2v) is 8.50. The molecule has 0 spiro atoms. The van der Waals surface area contributed by atoms with Gasteiger partial charge >= 0.3 is 0 Å². The van der Waals surface area contributed by atoms with Crippen molar-refractivity contribution < 1.29 is 0 Å². The zero-order valence-corrected chi connectivity index (χ0v) is 13.0. The van der Waals surface area contributed by atoms with Crippen molar-refractivity contribution >= 4 is 33.9 Å². The van der Waals surface area contributed by atoms with E-state index in [1.165, 1.54) is 5.17 Å². The van der Waals surface area contributed by atoms with Crippen LogP contribution in [-0.4, -0.2) is 50.5 Å². The Balaban J connectivity index is 1.65. The van der Waals surface area contributed by atoms with E-state index < -0.39 is 0 Å². The van der Waals surface area contributed by atoms with E-state index in [-0.39, 0.29) is 11.1 Å². The molecule has 0 bridgehead atoms. The predicted octanol–water partition coefficient (Wildman–Crippen LogP) is 1.98. The smallest absolute Gasteiger partial charge is 0.160 e. The van der Waals surface area contributed by atoms with Gasteiger partial charge in [0, 0.05) is 12.3 Å². The molecular formula is C12H20N4S2. The van der Waals surface area contributed by atoms with E-state index in [2.05, 4.69) is 42.9 Å². The van der Waals surface area contributed by atoms with E-state index in [0.29, 0.717) is 5.37 Å². The predicted molar refractivity (Wildman–Crippen MR) is 81.6 cm³/mol. The topological polar surface area (TPSA) is 40.0 Å². The van der Waals surface area contributed by atoms with Crippen molar-refractivity contribution in [2.24, 2.45) is 9.98 Å². The van der Waals surface area contributed by atoms with Gasteiger partial charge in [-0.3, -0.25) is 9.98 Å². The van der Waals surface area contributed by atoms with Crippen LogP contribution in [0.2, 0.25) is 0 Å². The van der Waals surface area contributed by atoms with Crippen LogP contribution >= 0.6 is 23.5 Å². The summed E-state index contributed by atoms with van der Waals surface area (Å²) in [5, 5.41) is 6.29. The molecule has 3 aliphatic heterocycles. The third-order valence-electron chi connectivity index (χ3n) is 3.21. The number of thioether (sulfide) groups is 2. The Hall–Kier alpha value is -0.360. The number of hydrogen-bond acceptors (Lipinski definition) is 6. The first-order valence-electron chi connectivity index (χ1n) is 6.33. The summed E-state index contributed by atoms with van der Waals surface area (Å²) >= 11 is 3.74. The van der Waals surface area contributed by atoms with Crippen molar-refractivity contribution in [1.29, 1.82) is 0 Å². The third kappa shape index (κ3) is 2.37. The Morgan fingerprint density at radius 3 is 2.83 bits per heavy atom. The maximum atomic E-state index is 4.77. The highest BCUT2D eigenvalue weighted by Gasteiger charge is 2.41. The Kier molecular flexibility index (Phi) is 2.86. The summed E-state index contributed by atoms with van der Waals surface area (Å²) in [6.45, 7) is 10.7. The SMILES string of the molecule is CC1(C)CN2C(=N1)SCC2SC1=NCC(C)(C)N1. The van der Waals surface area contributed by atoms with Crippen LogP contribution in [0.3, 0.4) is 0 Å². The minimum Gasteiger partial charge on any atom is -0.358 e. The lowest BCUT2D eigenvalue weighted by Crippen LogP contribution is -2.41. The van der Waals surface area contributed by atoms with Gasteiger partial charge in [0.1, 0.15) is 0 Å². The first kappa shape index (κ1) is 12.7. The standard InChI is InChI=1S/C12H20N4S2/c1-11(2)6-13-9(14-11)18-8-5-17-10-15-12(3,4)7-16(8)10/h8H,5-7H2,1-4H3,(H,13,14). The molecule has 1 fully saturated rings. The molecule has 0 amide bonds. The molecule has 1 unspecified atom stereocenters. The minimum atomic E-state index is 0.0751. The van der Waals surface area contributed by atoms with E-state index in [0.717, 1.165) is 24.0 Å². The summed E-state index contributed by atoms with van der Waals surface area (Å²) in [5.74, 6) is 1.11. The molecule has 1 saturated heterocycles. The Morgan fingerprint density at radius 2 is 2.17 bits per heavy atom. The zero-order chi connectivity index (χ0) is 13.0. The fraction of sp³-hybridized carbons (Fsp3) is 0.833. The average Bonchev–Trinajstić information content (AvgIpc) is 2.82. The molecule has 3 rings (SSSR count). The van der Waals surface area contributed by atoms with E-state index in [4.69, 9.17) is 4.99 Å². The molecule has 0 radical (unpaired) electrons. The van der Waals surface area contributed by atoms with Crippen LogP contribution in [0.1, 0.15) is 27.7 Å². The van der Waals surface area contributed by atoms with Crippen LogP contribution in [0, 0.1) is 0 Å². The van der Waals surface area contributed by atoms with E-state index in [1.54, 1.807) is 0 Å². The number of nitrogens with one attached hydrogen (secondary N) is 1. The van der Waals surface area contributed by atoms with Crippen molar-refractivity contribution in [2.45, 2.75) is 44.1 Å². The summed E-state index contributed by atoms with van der Waals surface area (Å²) in [7, 11) is 0. The molecule has 6 heteroatoms. The number of fused-ring (bicyclic) bond motifs is 1. The summed E-state index contributed by atoms with van der Waals surface area (Å²) in [5.41, 5.74) is 0.195. The lowest BCUT2D eigenvalue weighted by atomic mass is 10.1. The van der Waals surface area contributed by atoms with Crippen molar-refractivity contribution in [3.8, 4) is 0 Å². The zero-order valence-electron chi connectivity index (χ0n) is 11.4. The molecule has 18 heavy (non-hydrogen) atoms. The molecule has 3 aliphatic rings. The van der Waals surface area contributed by atoms with Gasteiger partial charge in [-0.25, -0.2) is 0 Å².